The van der Waals surface area contributed by atoms with E-state index in [1.54, 1.807) is 45.0 Å². The molecule has 1 heterocycles. The van der Waals surface area contributed by atoms with Crippen molar-refractivity contribution in [1.82, 2.24) is 19.2 Å². The Hall–Kier alpha value is -5.36. The Kier molecular flexibility index (Phi) is 21.6. The van der Waals surface area contributed by atoms with Crippen molar-refractivity contribution in [3.8, 4) is 11.5 Å². The molecular formula is C56H76N4O15S2. The van der Waals surface area contributed by atoms with Crippen molar-refractivity contribution in [3.63, 3.8) is 0 Å². The number of hydrogen-bond acceptors (Lipinski definition) is 15. The molecule has 1 saturated heterocycles. The minimum Gasteiger partial charge on any atom is -0.497 e. The first-order valence-electron chi connectivity index (χ1n) is 26.5. The Bertz CT molecular complexity index is 2660. The zero-order valence-electron chi connectivity index (χ0n) is 44.8. The molecule has 422 valence electrons. The van der Waals surface area contributed by atoms with Gasteiger partial charge in [-0.1, -0.05) is 108 Å². The molecule has 1 aliphatic heterocycles. The van der Waals surface area contributed by atoms with Crippen molar-refractivity contribution in [3.05, 3.63) is 120 Å². The molecule has 2 aliphatic carbocycles. The summed E-state index contributed by atoms with van der Waals surface area (Å²) in [6, 6.07) is 27.4. The van der Waals surface area contributed by atoms with Crippen LogP contribution in [0.5, 0.6) is 11.5 Å². The van der Waals surface area contributed by atoms with Crippen LogP contribution in [0.2, 0.25) is 0 Å². The second kappa shape index (κ2) is 28.0. The van der Waals surface area contributed by atoms with Gasteiger partial charge in [-0.05, 0) is 119 Å². The van der Waals surface area contributed by atoms with Gasteiger partial charge in [0.15, 0.2) is 6.10 Å². The Labute approximate surface area is 454 Å². The predicted molar refractivity (Wildman–Crippen MR) is 286 cm³/mol. The highest BCUT2D eigenvalue weighted by Crippen LogP contribution is 2.32. The maximum Gasteiger partial charge on any atom is 0.411 e. The number of hydrogen-bond donors (Lipinski definition) is 2. The fraction of sp³-hybridized carbons (Fsp3) is 0.536. The Balaban J connectivity index is 1.30. The van der Waals surface area contributed by atoms with Crippen molar-refractivity contribution in [2.75, 3.05) is 47.3 Å². The summed E-state index contributed by atoms with van der Waals surface area (Å²) in [5.74, 6) is 0.864. The Morgan fingerprint density at radius 3 is 1.55 bits per heavy atom. The van der Waals surface area contributed by atoms with E-state index < -0.39 is 93.5 Å². The van der Waals surface area contributed by atoms with Gasteiger partial charge in [-0.15, -0.1) is 0 Å². The number of hydroxylamine groups is 2. The number of nitrogens with one attached hydrogen (secondary N) is 1. The number of methoxy groups -OCH3 is 2. The minimum atomic E-state index is -4.56. The third-order valence-corrected chi connectivity index (χ3v) is 17.2. The van der Waals surface area contributed by atoms with Gasteiger partial charge in [0.1, 0.15) is 24.4 Å². The maximum absolute atomic E-state index is 15.1. The van der Waals surface area contributed by atoms with Gasteiger partial charge in [-0.25, -0.2) is 26.4 Å². The number of carbonyl (C=O) groups excluding carboxylic acids is 2. The van der Waals surface area contributed by atoms with E-state index >= 15 is 13.2 Å². The summed E-state index contributed by atoms with van der Waals surface area (Å²) in [6.45, 7) is 4.29. The van der Waals surface area contributed by atoms with Crippen LogP contribution in [0.15, 0.2) is 119 Å². The number of amides is 2. The molecule has 2 saturated carbocycles. The van der Waals surface area contributed by atoms with E-state index in [0.29, 0.717) is 48.3 Å². The molecule has 0 spiro atoms. The summed E-state index contributed by atoms with van der Waals surface area (Å²) in [5, 5.41) is 15.2. The zero-order chi connectivity index (χ0) is 55.0. The predicted octanol–water partition coefficient (Wildman–Crippen LogP) is 8.20. The van der Waals surface area contributed by atoms with Gasteiger partial charge in [0, 0.05) is 5.54 Å². The fourth-order valence-corrected chi connectivity index (χ4v) is 12.4. The van der Waals surface area contributed by atoms with Gasteiger partial charge in [0.05, 0.1) is 80.7 Å². The number of aliphatic hydroxyl groups excluding tert-OH is 1. The maximum atomic E-state index is 15.1. The van der Waals surface area contributed by atoms with E-state index in [1.165, 1.54) is 67.7 Å². The van der Waals surface area contributed by atoms with Crippen LogP contribution >= 0.6 is 0 Å². The highest BCUT2D eigenvalue weighted by molar-refractivity contribution is 7.89. The third-order valence-electron chi connectivity index (χ3n) is 13.9. The van der Waals surface area contributed by atoms with Crippen LogP contribution in [0.4, 0.5) is 9.59 Å². The van der Waals surface area contributed by atoms with Crippen molar-refractivity contribution >= 4 is 32.2 Å². The van der Waals surface area contributed by atoms with Crippen LogP contribution in [0, 0.1) is 0 Å². The van der Waals surface area contributed by atoms with Gasteiger partial charge in [-0.3, -0.25) is 14.6 Å². The SMILES string of the molecule is COc1ccc(S(=O)(=O)N(C[C@H](OC(=O)N[C@@H](Cc2ccccc2)[C@@H](O)CN(OC2CCCCC2)S(=O)(=O)c2ccc(OC)cc2)[C@H](Cc2ccccc2)N(C(=O)OC2COCOC2)C(C)(C)C)OC2CCCCC2)cc1. The third kappa shape index (κ3) is 16.8. The first kappa shape index (κ1) is 59.3. The summed E-state index contributed by atoms with van der Waals surface area (Å²) >= 11 is 0. The number of carbonyl (C=O) groups is 2. The molecule has 4 aromatic carbocycles. The van der Waals surface area contributed by atoms with E-state index in [4.69, 9.17) is 38.1 Å². The van der Waals surface area contributed by atoms with Crippen molar-refractivity contribution in [1.29, 1.82) is 0 Å². The van der Waals surface area contributed by atoms with E-state index in [-0.39, 0.29) is 42.6 Å². The molecule has 2 amide bonds. The van der Waals surface area contributed by atoms with E-state index in [0.717, 1.165) is 47.5 Å². The van der Waals surface area contributed by atoms with Gasteiger partial charge in [0.25, 0.3) is 20.0 Å². The lowest BCUT2D eigenvalue weighted by atomic mass is 9.94. The standard InChI is InChI=1S/C56H76N4O15S2/c1-56(2,3)60(55(63)72-47-38-70-40-71-39-47)51(35-42-20-12-7-13-21-42)53(37-59(75-46-24-16-9-17-25-46)77(66,67)49-32-28-44(69-5)29-33-49)73-54(62)57-50(34-41-18-10-6-11-19-41)52(61)36-58(74-45-22-14-8-15-23-45)76(64,65)48-30-26-43(68-4)27-31-48/h6-7,10-13,18-21,26-33,45-47,50-53,61H,8-9,14-17,22-25,34-40H2,1-5H3,(H,57,62)/t50-,51-,52-,53-/m0/s1. The van der Waals surface area contributed by atoms with Gasteiger partial charge in [-0.2, -0.15) is 0 Å². The molecule has 4 aromatic rings. The average Bonchev–Trinajstić information content (AvgIpc) is 3.44. The first-order valence-corrected chi connectivity index (χ1v) is 29.4. The van der Waals surface area contributed by atoms with E-state index in [9.17, 15) is 18.3 Å². The summed E-state index contributed by atoms with van der Waals surface area (Å²) in [5.41, 5.74) is 0.324. The molecular weight excluding hydrogens is 1030 g/mol. The van der Waals surface area contributed by atoms with E-state index in [2.05, 4.69) is 5.32 Å². The van der Waals surface area contributed by atoms with Gasteiger partial charge in [0.2, 0.25) is 0 Å². The Morgan fingerprint density at radius 2 is 1.09 bits per heavy atom. The molecule has 0 unspecified atom stereocenters. The minimum absolute atomic E-state index is 0.0101. The molecule has 21 heteroatoms. The molecule has 2 N–H and O–H groups in total. The zero-order valence-corrected chi connectivity index (χ0v) is 46.4. The van der Waals surface area contributed by atoms with Crippen LogP contribution in [-0.2, 0) is 61.5 Å². The summed E-state index contributed by atoms with van der Waals surface area (Å²) in [7, 11) is -6.04. The van der Waals surface area contributed by atoms with Gasteiger partial charge >= 0.3 is 12.2 Å². The molecule has 4 atom stereocenters. The number of benzene rings is 4. The Morgan fingerprint density at radius 1 is 0.636 bits per heavy atom. The topological polar surface area (TPSA) is 218 Å². The number of rotatable bonds is 24. The highest BCUT2D eigenvalue weighted by Gasteiger charge is 2.45. The number of alkyl carbamates (subject to hydrolysis) is 1. The summed E-state index contributed by atoms with van der Waals surface area (Å²) in [6.07, 6.45) is 0.685. The largest absolute Gasteiger partial charge is 0.497 e. The molecule has 3 fully saturated rings. The fourth-order valence-electron chi connectivity index (χ4n) is 9.82. The molecule has 77 heavy (non-hydrogen) atoms. The molecule has 0 aromatic heterocycles. The first-order chi connectivity index (χ1) is 36.9. The molecule has 0 radical (unpaired) electrons. The number of aliphatic hydroxyl groups is 1. The monoisotopic (exact) mass is 1110 g/mol. The second-order valence-electron chi connectivity index (χ2n) is 20.7. The van der Waals surface area contributed by atoms with E-state index in [1.807, 2.05) is 36.4 Å². The number of sulfonamides is 2. The lowest BCUT2D eigenvalue weighted by molar-refractivity contribution is -0.166. The normalized spacial score (nSPS) is 18.0. The summed E-state index contributed by atoms with van der Waals surface area (Å²) in [4.78, 5) is 44.0. The van der Waals surface area contributed by atoms with Crippen molar-refractivity contribution in [2.24, 2.45) is 0 Å². The molecule has 0 bridgehead atoms. The quantitative estimate of drug-likeness (QED) is 0.0632. The second-order valence-corrected chi connectivity index (χ2v) is 24.3. The van der Waals surface area contributed by atoms with Crippen LogP contribution in [-0.4, -0.2) is 143 Å². The summed E-state index contributed by atoms with van der Waals surface area (Å²) < 4.78 is 95.0. The smallest absolute Gasteiger partial charge is 0.411 e. The molecule has 7 rings (SSSR count). The lowest BCUT2D eigenvalue weighted by Gasteiger charge is -2.45. The molecule has 19 nitrogen and oxygen atoms in total. The average molecular weight is 1110 g/mol. The van der Waals surface area contributed by atoms with Crippen molar-refractivity contribution < 1.29 is 69.6 Å². The van der Waals surface area contributed by atoms with Crippen LogP contribution in [0.3, 0.4) is 0 Å². The molecule has 3 aliphatic rings. The van der Waals surface area contributed by atoms with Gasteiger partial charge < -0.3 is 38.8 Å². The van der Waals surface area contributed by atoms with Crippen LogP contribution in [0.1, 0.15) is 96.1 Å². The van der Waals surface area contributed by atoms with Crippen LogP contribution < -0.4 is 14.8 Å². The lowest BCUT2D eigenvalue weighted by Crippen LogP contribution is -2.61. The van der Waals surface area contributed by atoms with Crippen molar-refractivity contribution in [2.45, 2.75) is 156 Å². The number of nitrogens with zero attached hydrogens (tertiary/aromatic N) is 3. The number of ether oxygens (including phenoxy) is 6. The van der Waals surface area contributed by atoms with Crippen LogP contribution in [0.25, 0.3) is 0 Å². The highest BCUT2D eigenvalue weighted by atomic mass is 32.2.